The van der Waals surface area contributed by atoms with Gasteiger partial charge in [-0.2, -0.15) is 0 Å². The Bertz CT molecular complexity index is 718. The number of nitrogens with zero attached hydrogens (tertiary/aromatic N) is 1. The summed E-state index contributed by atoms with van der Waals surface area (Å²) in [5.74, 6) is 1.12. The molecule has 0 saturated carbocycles. The normalized spacial score (nSPS) is 20.0. The molecular formula is C21H28N2O3. The molecule has 5 heteroatoms. The van der Waals surface area contributed by atoms with Crippen LogP contribution in [0.5, 0.6) is 0 Å². The van der Waals surface area contributed by atoms with Crippen LogP contribution < -0.4 is 5.73 Å². The third kappa shape index (κ3) is 4.04. The van der Waals surface area contributed by atoms with Gasteiger partial charge >= 0.3 is 0 Å². The molecule has 26 heavy (non-hydrogen) atoms. The summed E-state index contributed by atoms with van der Waals surface area (Å²) >= 11 is 0. The van der Waals surface area contributed by atoms with Gasteiger partial charge in [-0.05, 0) is 48.8 Å². The summed E-state index contributed by atoms with van der Waals surface area (Å²) in [6.07, 6.45) is 3.31. The number of fused-ring (bicyclic) bond motifs is 1. The van der Waals surface area contributed by atoms with E-state index in [2.05, 4.69) is 6.92 Å². The van der Waals surface area contributed by atoms with Gasteiger partial charge in [0, 0.05) is 37.9 Å². The maximum Gasteiger partial charge on any atom is 0.239 e. The molecule has 1 unspecified atom stereocenters. The Hall–Kier alpha value is -2.01. The van der Waals surface area contributed by atoms with E-state index in [0.29, 0.717) is 25.2 Å². The molecule has 5 nitrogen and oxygen atoms in total. The molecule has 0 aromatic heterocycles. The monoisotopic (exact) mass is 356 g/mol. The van der Waals surface area contributed by atoms with Crippen molar-refractivity contribution in [2.24, 2.45) is 17.6 Å². The van der Waals surface area contributed by atoms with Crippen molar-refractivity contribution in [2.75, 3.05) is 13.1 Å². The highest BCUT2D eigenvalue weighted by molar-refractivity contribution is 5.97. The molecule has 2 N–H and O–H groups in total. The second-order valence-electron chi connectivity index (χ2n) is 7.93. The molecular weight excluding hydrogens is 328 g/mol. The van der Waals surface area contributed by atoms with E-state index in [9.17, 15) is 14.4 Å². The van der Waals surface area contributed by atoms with Crippen LogP contribution in [0.3, 0.4) is 0 Å². The Morgan fingerprint density at radius 3 is 2.46 bits per heavy atom. The van der Waals surface area contributed by atoms with Crippen LogP contribution in [-0.4, -0.2) is 41.5 Å². The van der Waals surface area contributed by atoms with Crippen LogP contribution in [0.4, 0.5) is 0 Å². The van der Waals surface area contributed by atoms with Gasteiger partial charge in [0.25, 0.3) is 0 Å². The first-order chi connectivity index (χ1) is 12.3. The number of carbonyl (C=O) groups excluding carboxylic acids is 3. The van der Waals surface area contributed by atoms with Crippen molar-refractivity contribution in [1.82, 2.24) is 4.90 Å². The van der Waals surface area contributed by atoms with Gasteiger partial charge in [-0.25, -0.2) is 0 Å². The van der Waals surface area contributed by atoms with Crippen molar-refractivity contribution in [3.63, 3.8) is 0 Å². The topological polar surface area (TPSA) is 80.5 Å². The van der Waals surface area contributed by atoms with Gasteiger partial charge in [-0.15, -0.1) is 0 Å². The molecule has 0 spiro atoms. The minimum Gasteiger partial charge on any atom is -0.341 e. The van der Waals surface area contributed by atoms with E-state index in [4.69, 9.17) is 5.73 Å². The van der Waals surface area contributed by atoms with Crippen LogP contribution in [0.25, 0.3) is 0 Å². The molecule has 1 aliphatic heterocycles. The summed E-state index contributed by atoms with van der Waals surface area (Å²) in [4.78, 5) is 38.1. The van der Waals surface area contributed by atoms with Crippen LogP contribution in [0.15, 0.2) is 18.2 Å². The first kappa shape index (κ1) is 18.8. The molecule has 1 aliphatic carbocycles. The fourth-order valence-corrected chi connectivity index (χ4v) is 4.18. The van der Waals surface area contributed by atoms with Crippen LogP contribution >= 0.6 is 0 Å². The van der Waals surface area contributed by atoms with Crippen LogP contribution in [-0.2, 0) is 22.4 Å². The predicted octanol–water partition coefficient (Wildman–Crippen LogP) is 2.15. The molecule has 1 saturated heterocycles. The van der Waals surface area contributed by atoms with Gasteiger partial charge in [0.1, 0.15) is 5.78 Å². The van der Waals surface area contributed by atoms with Crippen molar-refractivity contribution < 1.29 is 14.4 Å². The average Bonchev–Trinajstić information content (AvgIpc) is 3.00. The number of nitrogens with two attached hydrogens (primary N) is 1. The van der Waals surface area contributed by atoms with Crippen LogP contribution in [0.2, 0.25) is 0 Å². The summed E-state index contributed by atoms with van der Waals surface area (Å²) in [6, 6.07) is 5.24. The average molecular weight is 356 g/mol. The minimum atomic E-state index is -0.447. The van der Waals surface area contributed by atoms with Crippen molar-refractivity contribution in [3.8, 4) is 0 Å². The summed E-state index contributed by atoms with van der Waals surface area (Å²) in [5.41, 5.74) is 8.47. The number of amides is 1. The fourth-order valence-electron chi connectivity index (χ4n) is 4.18. The Morgan fingerprint density at radius 1 is 1.15 bits per heavy atom. The number of hydrogen-bond acceptors (Lipinski definition) is 4. The highest BCUT2D eigenvalue weighted by Crippen LogP contribution is 2.29. The Kier molecular flexibility index (Phi) is 5.56. The number of rotatable bonds is 5. The second kappa shape index (κ2) is 7.70. The minimum absolute atomic E-state index is 0.0138. The maximum absolute atomic E-state index is 12.7. The van der Waals surface area contributed by atoms with Gasteiger partial charge < -0.3 is 10.6 Å². The number of likely N-dealkylation sites (tertiary alicyclic amines) is 1. The van der Waals surface area contributed by atoms with Crippen LogP contribution in [0, 0.1) is 11.8 Å². The van der Waals surface area contributed by atoms with E-state index >= 15 is 0 Å². The van der Waals surface area contributed by atoms with Gasteiger partial charge in [0.15, 0.2) is 5.78 Å². The van der Waals surface area contributed by atoms with Crippen molar-refractivity contribution >= 4 is 17.5 Å². The van der Waals surface area contributed by atoms with Crippen molar-refractivity contribution in [2.45, 2.75) is 52.0 Å². The summed E-state index contributed by atoms with van der Waals surface area (Å²) in [6.45, 7) is 5.30. The molecule has 1 aromatic rings. The first-order valence-corrected chi connectivity index (χ1v) is 9.56. The number of ketones is 2. The largest absolute Gasteiger partial charge is 0.341 e. The number of benzene rings is 1. The first-order valence-electron chi connectivity index (χ1n) is 9.56. The van der Waals surface area contributed by atoms with Crippen LogP contribution in [0.1, 0.15) is 54.6 Å². The number of hydrogen-bond donors (Lipinski definition) is 1. The second-order valence-corrected chi connectivity index (χ2v) is 7.93. The Balaban J connectivity index is 1.55. The zero-order chi connectivity index (χ0) is 18.8. The lowest BCUT2D eigenvalue weighted by molar-refractivity contribution is -0.133. The molecule has 2 aliphatic rings. The number of piperidine rings is 1. The van der Waals surface area contributed by atoms with Crippen molar-refractivity contribution in [3.05, 3.63) is 34.9 Å². The van der Waals surface area contributed by atoms with E-state index < -0.39 is 6.04 Å². The van der Waals surface area contributed by atoms with Gasteiger partial charge in [-0.3, -0.25) is 14.4 Å². The number of carbonyl (C=O) groups is 3. The highest BCUT2D eigenvalue weighted by Gasteiger charge is 2.29. The van der Waals surface area contributed by atoms with Gasteiger partial charge in [0.2, 0.25) is 5.91 Å². The van der Waals surface area contributed by atoms with Gasteiger partial charge in [-0.1, -0.05) is 19.1 Å². The molecule has 1 amide bonds. The third-order valence-corrected chi connectivity index (χ3v) is 5.86. The third-order valence-electron chi connectivity index (χ3n) is 5.86. The molecule has 3 rings (SSSR count). The summed E-state index contributed by atoms with van der Waals surface area (Å²) in [7, 11) is 0. The fraction of sp³-hybridized carbons (Fsp3) is 0.571. The predicted molar refractivity (Wildman–Crippen MR) is 99.9 cm³/mol. The highest BCUT2D eigenvalue weighted by atomic mass is 16.2. The summed E-state index contributed by atoms with van der Waals surface area (Å²) < 4.78 is 0. The lowest BCUT2D eigenvalue weighted by atomic mass is 9.81. The number of Topliss-reactive ketones (excluding diaryl/α,β-unsaturated/α-hetero) is 2. The Morgan fingerprint density at radius 2 is 1.81 bits per heavy atom. The Labute approximate surface area is 154 Å². The molecule has 1 fully saturated rings. The smallest absolute Gasteiger partial charge is 0.239 e. The lowest BCUT2D eigenvalue weighted by Gasteiger charge is -2.35. The zero-order valence-corrected chi connectivity index (χ0v) is 15.7. The molecule has 1 aromatic carbocycles. The summed E-state index contributed by atoms with van der Waals surface area (Å²) in [5, 5.41) is 0. The quantitative estimate of drug-likeness (QED) is 0.820. The van der Waals surface area contributed by atoms with E-state index in [1.54, 1.807) is 6.92 Å². The van der Waals surface area contributed by atoms with Crippen molar-refractivity contribution in [1.29, 1.82) is 0 Å². The van der Waals surface area contributed by atoms with E-state index in [1.807, 2.05) is 23.1 Å². The van der Waals surface area contributed by atoms with Gasteiger partial charge in [0.05, 0.1) is 6.04 Å². The molecule has 140 valence electrons. The molecule has 2 atom stereocenters. The van der Waals surface area contributed by atoms with E-state index in [1.165, 1.54) is 0 Å². The molecule has 0 bridgehead atoms. The maximum atomic E-state index is 12.7. The molecule has 0 radical (unpaired) electrons. The lowest BCUT2D eigenvalue weighted by Crippen LogP contribution is -2.46. The SMILES string of the molecule is CC(CC(=O)c1ccc2c(c1)CC(=O)C2)C1CCN(C(=O)[C@H](C)N)CC1. The molecule has 1 heterocycles. The van der Waals surface area contributed by atoms with E-state index in [-0.39, 0.29) is 23.4 Å². The zero-order valence-electron chi connectivity index (χ0n) is 15.7. The van der Waals surface area contributed by atoms with E-state index in [0.717, 1.165) is 42.6 Å². The standard InChI is InChI=1S/C21H28N2O3/c1-13(15-5-7-23(8-6-15)21(26)14(2)22)9-20(25)17-4-3-16-11-19(24)12-18(16)10-17/h3-4,10,13-15H,5-9,11-12,22H2,1-2H3/t13?,14-/m0/s1.